The third-order valence-corrected chi connectivity index (χ3v) is 5.41. The summed E-state index contributed by atoms with van der Waals surface area (Å²) in [5, 5.41) is 6.86. The van der Waals surface area contributed by atoms with Crippen molar-refractivity contribution in [2.45, 2.75) is 31.8 Å². The average molecular weight is 420 g/mol. The number of para-hydroxylation sites is 1. The van der Waals surface area contributed by atoms with Crippen LogP contribution in [0.5, 0.6) is 0 Å². The lowest BCUT2D eigenvalue weighted by atomic mass is 10.1. The normalized spacial score (nSPS) is 13.4. The standard InChI is InChI=1S/C21H23Cl2N3O2/c1-26(13-14-5-4-7-17(22)20(14)23)12-11-19(27)25-18-8-3-2-6-16(18)21(28)24-15-9-10-15/h2-8,15H,9-13H2,1H3,(H,24,28)(H,25,27). The Kier molecular flexibility index (Phi) is 6.94. The summed E-state index contributed by atoms with van der Waals surface area (Å²) in [4.78, 5) is 26.7. The van der Waals surface area contributed by atoms with Gasteiger partial charge < -0.3 is 15.5 Å². The van der Waals surface area contributed by atoms with Crippen LogP contribution in [-0.4, -0.2) is 36.3 Å². The number of halogens is 2. The van der Waals surface area contributed by atoms with E-state index in [4.69, 9.17) is 23.2 Å². The van der Waals surface area contributed by atoms with Gasteiger partial charge in [0, 0.05) is 25.6 Å². The van der Waals surface area contributed by atoms with Gasteiger partial charge in [0.2, 0.25) is 5.91 Å². The van der Waals surface area contributed by atoms with E-state index >= 15 is 0 Å². The SMILES string of the molecule is CN(CCC(=O)Nc1ccccc1C(=O)NC1CC1)Cc1cccc(Cl)c1Cl. The van der Waals surface area contributed by atoms with E-state index in [1.54, 1.807) is 30.3 Å². The first-order chi connectivity index (χ1) is 13.4. The van der Waals surface area contributed by atoms with Gasteiger partial charge >= 0.3 is 0 Å². The van der Waals surface area contributed by atoms with Crippen LogP contribution in [0.25, 0.3) is 0 Å². The second-order valence-corrected chi connectivity index (χ2v) is 7.83. The molecule has 1 aliphatic carbocycles. The molecule has 0 aromatic heterocycles. The molecule has 5 nitrogen and oxygen atoms in total. The molecule has 7 heteroatoms. The van der Waals surface area contributed by atoms with Crippen molar-refractivity contribution >= 4 is 40.7 Å². The zero-order valence-corrected chi connectivity index (χ0v) is 17.2. The minimum atomic E-state index is -0.147. The Hall–Kier alpha value is -2.08. The van der Waals surface area contributed by atoms with Gasteiger partial charge in [0.05, 0.1) is 21.3 Å². The van der Waals surface area contributed by atoms with Gasteiger partial charge in [0.15, 0.2) is 0 Å². The molecule has 0 saturated heterocycles. The number of hydrogen-bond donors (Lipinski definition) is 2. The molecule has 2 amide bonds. The lowest BCUT2D eigenvalue weighted by Crippen LogP contribution is -2.28. The van der Waals surface area contributed by atoms with Crippen molar-refractivity contribution in [1.82, 2.24) is 10.2 Å². The minimum absolute atomic E-state index is 0.143. The Bertz CT molecular complexity index is 868. The molecular weight excluding hydrogens is 397 g/mol. The predicted molar refractivity (Wildman–Crippen MR) is 113 cm³/mol. The van der Waals surface area contributed by atoms with E-state index in [1.165, 1.54) is 0 Å². The summed E-state index contributed by atoms with van der Waals surface area (Å²) in [7, 11) is 1.92. The van der Waals surface area contributed by atoms with Gasteiger partial charge in [-0.2, -0.15) is 0 Å². The molecule has 28 heavy (non-hydrogen) atoms. The Morgan fingerprint density at radius 3 is 2.61 bits per heavy atom. The summed E-state index contributed by atoms with van der Waals surface area (Å²) in [6, 6.07) is 12.8. The summed E-state index contributed by atoms with van der Waals surface area (Å²) >= 11 is 12.3. The predicted octanol–water partition coefficient (Wildman–Crippen LogP) is 4.35. The van der Waals surface area contributed by atoms with Crippen molar-refractivity contribution in [1.29, 1.82) is 0 Å². The highest BCUT2D eigenvalue weighted by molar-refractivity contribution is 6.42. The van der Waals surface area contributed by atoms with E-state index in [0.29, 0.717) is 40.8 Å². The van der Waals surface area contributed by atoms with Gasteiger partial charge in [0.1, 0.15) is 0 Å². The molecular formula is C21H23Cl2N3O2. The van der Waals surface area contributed by atoms with Crippen molar-refractivity contribution < 1.29 is 9.59 Å². The molecule has 3 rings (SSSR count). The fourth-order valence-corrected chi connectivity index (χ4v) is 3.21. The number of nitrogens with zero attached hydrogens (tertiary/aromatic N) is 1. The molecule has 0 bridgehead atoms. The molecule has 1 fully saturated rings. The first-order valence-corrected chi connectivity index (χ1v) is 10.0. The number of carbonyl (C=O) groups excluding carboxylic acids is 2. The van der Waals surface area contributed by atoms with Crippen LogP contribution in [-0.2, 0) is 11.3 Å². The molecule has 1 aliphatic rings. The highest BCUT2D eigenvalue weighted by atomic mass is 35.5. The maximum Gasteiger partial charge on any atom is 0.253 e. The molecule has 0 unspecified atom stereocenters. The van der Waals surface area contributed by atoms with Crippen LogP contribution in [0.3, 0.4) is 0 Å². The lowest BCUT2D eigenvalue weighted by Gasteiger charge is -2.18. The number of carbonyl (C=O) groups is 2. The van der Waals surface area contributed by atoms with Gasteiger partial charge in [0.25, 0.3) is 5.91 Å². The molecule has 2 aromatic carbocycles. The third-order valence-electron chi connectivity index (χ3n) is 4.55. The molecule has 0 heterocycles. The maximum absolute atomic E-state index is 12.4. The highest BCUT2D eigenvalue weighted by Gasteiger charge is 2.25. The molecule has 2 N–H and O–H groups in total. The topological polar surface area (TPSA) is 61.4 Å². The number of anilines is 1. The van der Waals surface area contributed by atoms with Crippen LogP contribution < -0.4 is 10.6 Å². The maximum atomic E-state index is 12.4. The van der Waals surface area contributed by atoms with Gasteiger partial charge in [-0.05, 0) is 43.7 Å². The van der Waals surface area contributed by atoms with Crippen LogP contribution in [0.1, 0.15) is 35.2 Å². The molecule has 148 valence electrons. The third kappa shape index (κ3) is 5.71. The summed E-state index contributed by atoms with van der Waals surface area (Å²) in [6.07, 6.45) is 2.33. The van der Waals surface area contributed by atoms with Crippen molar-refractivity contribution in [3.8, 4) is 0 Å². The number of hydrogen-bond acceptors (Lipinski definition) is 3. The smallest absolute Gasteiger partial charge is 0.253 e. The summed E-state index contributed by atoms with van der Waals surface area (Å²) in [5.41, 5.74) is 1.94. The first kappa shape index (κ1) is 20.6. The minimum Gasteiger partial charge on any atom is -0.349 e. The Labute approximate surface area is 175 Å². The van der Waals surface area contributed by atoms with Crippen molar-refractivity contribution in [2.24, 2.45) is 0 Å². The van der Waals surface area contributed by atoms with Crippen LogP contribution in [0.15, 0.2) is 42.5 Å². The Balaban J connectivity index is 1.53. The van der Waals surface area contributed by atoms with Gasteiger partial charge in [-0.25, -0.2) is 0 Å². The Morgan fingerprint density at radius 2 is 1.86 bits per heavy atom. The van der Waals surface area contributed by atoms with Crippen molar-refractivity contribution in [2.75, 3.05) is 18.9 Å². The monoisotopic (exact) mass is 419 g/mol. The quantitative estimate of drug-likeness (QED) is 0.668. The number of amides is 2. The van der Waals surface area contributed by atoms with E-state index in [1.807, 2.05) is 24.1 Å². The summed E-state index contributed by atoms with van der Waals surface area (Å²) < 4.78 is 0. The first-order valence-electron chi connectivity index (χ1n) is 9.25. The molecule has 0 aliphatic heterocycles. The van der Waals surface area contributed by atoms with Gasteiger partial charge in [-0.1, -0.05) is 47.5 Å². The second kappa shape index (κ2) is 9.41. The van der Waals surface area contributed by atoms with E-state index in [-0.39, 0.29) is 17.9 Å². The lowest BCUT2D eigenvalue weighted by molar-refractivity contribution is -0.116. The van der Waals surface area contributed by atoms with Crippen LogP contribution in [0, 0.1) is 0 Å². The number of nitrogens with one attached hydrogen (secondary N) is 2. The van der Waals surface area contributed by atoms with Gasteiger partial charge in [-0.3, -0.25) is 9.59 Å². The molecule has 0 spiro atoms. The van der Waals surface area contributed by atoms with Crippen LogP contribution in [0.4, 0.5) is 5.69 Å². The van der Waals surface area contributed by atoms with E-state index < -0.39 is 0 Å². The summed E-state index contributed by atoms with van der Waals surface area (Å²) in [5.74, 6) is -0.290. The molecule has 0 atom stereocenters. The van der Waals surface area contributed by atoms with Crippen molar-refractivity contribution in [3.05, 3.63) is 63.6 Å². The average Bonchev–Trinajstić information content (AvgIpc) is 3.48. The molecule has 1 saturated carbocycles. The van der Waals surface area contributed by atoms with E-state index in [0.717, 1.165) is 18.4 Å². The largest absolute Gasteiger partial charge is 0.349 e. The van der Waals surface area contributed by atoms with Crippen LogP contribution in [0.2, 0.25) is 10.0 Å². The molecule has 2 aromatic rings. The molecule has 0 radical (unpaired) electrons. The Morgan fingerprint density at radius 1 is 1.11 bits per heavy atom. The van der Waals surface area contributed by atoms with Gasteiger partial charge in [-0.15, -0.1) is 0 Å². The highest BCUT2D eigenvalue weighted by Crippen LogP contribution is 2.26. The van der Waals surface area contributed by atoms with E-state index in [2.05, 4.69) is 10.6 Å². The number of rotatable bonds is 8. The van der Waals surface area contributed by atoms with Crippen LogP contribution >= 0.6 is 23.2 Å². The second-order valence-electron chi connectivity index (χ2n) is 7.04. The zero-order valence-electron chi connectivity index (χ0n) is 15.7. The fourth-order valence-electron chi connectivity index (χ4n) is 2.83. The van der Waals surface area contributed by atoms with Crippen molar-refractivity contribution in [3.63, 3.8) is 0 Å². The zero-order chi connectivity index (χ0) is 20.1. The number of benzene rings is 2. The summed E-state index contributed by atoms with van der Waals surface area (Å²) in [6.45, 7) is 1.14. The fraction of sp³-hybridized carbons (Fsp3) is 0.333. The van der Waals surface area contributed by atoms with E-state index in [9.17, 15) is 9.59 Å².